The van der Waals surface area contributed by atoms with Crippen molar-refractivity contribution in [2.45, 2.75) is 56.8 Å². The lowest BCUT2D eigenvalue weighted by atomic mass is 9.90. The van der Waals surface area contributed by atoms with Gasteiger partial charge >= 0.3 is 5.97 Å². The molecule has 5 nitrogen and oxygen atoms in total. The lowest BCUT2D eigenvalue weighted by molar-refractivity contribution is -0.138. The number of pyridine rings is 1. The molecule has 1 saturated carbocycles. The van der Waals surface area contributed by atoms with E-state index in [-0.39, 0.29) is 17.1 Å². The van der Waals surface area contributed by atoms with Crippen LogP contribution >= 0.6 is 11.6 Å². The number of nitrogens with zero attached hydrogens (tertiary/aromatic N) is 1. The van der Waals surface area contributed by atoms with Gasteiger partial charge in [-0.05, 0) is 91.5 Å². The van der Waals surface area contributed by atoms with Crippen LogP contribution in [0.4, 0.5) is 0 Å². The maximum absolute atomic E-state index is 14.0. The first-order chi connectivity index (χ1) is 20.0. The molecule has 1 aliphatic rings. The first kappa shape index (κ1) is 30.1. The molecule has 2 unspecified atom stereocenters. The van der Waals surface area contributed by atoms with Gasteiger partial charge in [-0.2, -0.15) is 0 Å². The van der Waals surface area contributed by atoms with E-state index in [0.717, 1.165) is 51.7 Å². The van der Waals surface area contributed by atoms with Gasteiger partial charge in [0.25, 0.3) is 0 Å². The number of hydrogen-bond donors (Lipinski definition) is 2. The Bertz CT molecular complexity index is 1650. The van der Waals surface area contributed by atoms with Gasteiger partial charge in [-0.3, -0.25) is 9.00 Å². The lowest BCUT2D eigenvalue weighted by Gasteiger charge is -2.24. The molecule has 0 spiro atoms. The van der Waals surface area contributed by atoms with Crippen LogP contribution in [0.2, 0.25) is 5.02 Å². The summed E-state index contributed by atoms with van der Waals surface area (Å²) in [5.41, 5.74) is 4.09. The smallest absolute Gasteiger partial charge is 0.303 e. The second kappa shape index (κ2) is 12.5. The van der Waals surface area contributed by atoms with Gasteiger partial charge in [-0.25, -0.2) is 4.98 Å². The summed E-state index contributed by atoms with van der Waals surface area (Å²) in [5, 5.41) is 21.6. The van der Waals surface area contributed by atoms with Gasteiger partial charge in [-0.1, -0.05) is 78.3 Å². The quantitative estimate of drug-likeness (QED) is 0.172. The molecule has 0 saturated heterocycles. The minimum atomic E-state index is -1.27. The minimum absolute atomic E-state index is 0.0553. The van der Waals surface area contributed by atoms with Crippen molar-refractivity contribution in [3.8, 4) is 0 Å². The zero-order valence-corrected chi connectivity index (χ0v) is 25.5. The third-order valence-electron chi connectivity index (χ3n) is 8.01. The first-order valence-corrected chi connectivity index (χ1v) is 16.0. The van der Waals surface area contributed by atoms with Crippen LogP contribution in [-0.2, 0) is 27.6 Å². The van der Waals surface area contributed by atoms with Crippen molar-refractivity contribution in [3.63, 3.8) is 0 Å². The average molecular weight is 602 g/mol. The monoisotopic (exact) mass is 601 g/mol. The summed E-state index contributed by atoms with van der Waals surface area (Å²) in [7, 11) is -1.27. The van der Waals surface area contributed by atoms with Crippen molar-refractivity contribution in [2.75, 3.05) is 5.75 Å². The molecule has 0 aliphatic heterocycles. The van der Waals surface area contributed by atoms with E-state index in [0.29, 0.717) is 23.6 Å². The molecule has 4 aromatic rings. The van der Waals surface area contributed by atoms with E-state index in [2.05, 4.69) is 6.07 Å². The van der Waals surface area contributed by atoms with Crippen LogP contribution < -0.4 is 0 Å². The summed E-state index contributed by atoms with van der Waals surface area (Å²) in [6.07, 6.45) is 6.86. The molecule has 0 amide bonds. The Balaban J connectivity index is 1.41. The van der Waals surface area contributed by atoms with Gasteiger partial charge in [0, 0.05) is 27.0 Å². The van der Waals surface area contributed by atoms with Crippen molar-refractivity contribution in [1.29, 1.82) is 0 Å². The van der Waals surface area contributed by atoms with Gasteiger partial charge in [-0.15, -0.1) is 0 Å². The lowest BCUT2D eigenvalue weighted by Crippen LogP contribution is -2.22. The Morgan fingerprint density at radius 3 is 2.55 bits per heavy atom. The van der Waals surface area contributed by atoms with Gasteiger partial charge in [0.05, 0.1) is 28.5 Å². The van der Waals surface area contributed by atoms with Crippen molar-refractivity contribution < 1.29 is 19.2 Å². The zero-order valence-electron chi connectivity index (χ0n) is 23.9. The molecule has 1 heterocycles. The molecule has 1 fully saturated rings. The predicted octanol–water partition coefficient (Wildman–Crippen LogP) is 7.96. The average Bonchev–Trinajstić information content (AvgIpc) is 3.69. The third-order valence-corrected chi connectivity index (χ3v) is 10.3. The summed E-state index contributed by atoms with van der Waals surface area (Å²) in [5.74, 6) is -0.461. The Morgan fingerprint density at radius 2 is 1.81 bits per heavy atom. The van der Waals surface area contributed by atoms with Crippen LogP contribution in [0, 0.1) is 5.41 Å². The molecular formula is C35H36ClNO4S. The number of carboxylic acids is 1. The summed E-state index contributed by atoms with van der Waals surface area (Å²) in [4.78, 5) is 16.2. The van der Waals surface area contributed by atoms with Gasteiger partial charge < -0.3 is 10.2 Å². The maximum atomic E-state index is 14.0. The number of hydrogen-bond acceptors (Lipinski definition) is 4. The summed E-state index contributed by atoms with van der Waals surface area (Å²) in [6, 6.07) is 25.5. The molecule has 1 aliphatic carbocycles. The molecule has 0 radical (unpaired) electrons. The van der Waals surface area contributed by atoms with Crippen LogP contribution in [0.1, 0.15) is 72.7 Å². The molecule has 2 N–H and O–H groups in total. The number of rotatable bonds is 12. The van der Waals surface area contributed by atoms with Crippen molar-refractivity contribution in [2.24, 2.45) is 5.41 Å². The SMILES string of the molecule is CC(C)(O)c1ccccc1CCC(c1cccc(/C=C/c2ccc3ccc(Cl)cc3n2)c1)S(=O)CC1(CC(=O)O)CC1. The van der Waals surface area contributed by atoms with Gasteiger partial charge in [0.15, 0.2) is 0 Å². The molecule has 7 heteroatoms. The van der Waals surface area contributed by atoms with E-state index < -0.39 is 22.4 Å². The highest BCUT2D eigenvalue weighted by molar-refractivity contribution is 7.85. The van der Waals surface area contributed by atoms with E-state index in [9.17, 15) is 19.2 Å². The molecular weight excluding hydrogens is 566 g/mol. The number of halogens is 1. The van der Waals surface area contributed by atoms with E-state index in [4.69, 9.17) is 16.6 Å². The maximum Gasteiger partial charge on any atom is 0.303 e. The third kappa shape index (κ3) is 7.54. The summed E-state index contributed by atoms with van der Waals surface area (Å²) in [6.45, 7) is 3.55. The number of aliphatic carboxylic acids is 1. The Labute approximate surface area is 254 Å². The van der Waals surface area contributed by atoms with Crippen LogP contribution in [-0.4, -0.2) is 31.1 Å². The number of fused-ring (bicyclic) bond motifs is 1. The molecule has 5 rings (SSSR count). The fourth-order valence-corrected chi connectivity index (χ4v) is 7.78. The van der Waals surface area contributed by atoms with Crippen LogP contribution in [0.3, 0.4) is 0 Å². The molecule has 1 aromatic heterocycles. The molecule has 3 aromatic carbocycles. The largest absolute Gasteiger partial charge is 0.481 e. The second-order valence-corrected chi connectivity index (χ2v) is 14.0. The number of aliphatic hydroxyl groups is 1. The van der Waals surface area contributed by atoms with E-state index in [1.807, 2.05) is 84.9 Å². The van der Waals surface area contributed by atoms with E-state index in [1.54, 1.807) is 13.8 Å². The Morgan fingerprint density at radius 1 is 1.05 bits per heavy atom. The molecule has 2 atom stereocenters. The highest BCUT2D eigenvalue weighted by atomic mass is 35.5. The number of aromatic nitrogens is 1. The fraction of sp³-hybridized carbons (Fsp3) is 0.314. The van der Waals surface area contributed by atoms with E-state index in [1.165, 1.54) is 0 Å². The first-order valence-electron chi connectivity index (χ1n) is 14.3. The number of carboxylic acid groups (broad SMARTS) is 1. The van der Waals surface area contributed by atoms with Crippen molar-refractivity contribution in [3.05, 3.63) is 112 Å². The van der Waals surface area contributed by atoms with Crippen molar-refractivity contribution >= 4 is 51.4 Å². The Kier molecular flexibility index (Phi) is 8.97. The molecule has 218 valence electrons. The molecule has 0 bridgehead atoms. The highest BCUT2D eigenvalue weighted by Gasteiger charge is 2.46. The van der Waals surface area contributed by atoms with Crippen LogP contribution in [0.15, 0.2) is 78.9 Å². The summed E-state index contributed by atoms with van der Waals surface area (Å²) < 4.78 is 14.0. The minimum Gasteiger partial charge on any atom is -0.481 e. The zero-order chi connectivity index (χ0) is 29.9. The fourth-order valence-electron chi connectivity index (χ4n) is 5.59. The number of carbonyl (C=O) groups is 1. The van der Waals surface area contributed by atoms with Crippen LogP contribution in [0.25, 0.3) is 23.1 Å². The van der Waals surface area contributed by atoms with Crippen molar-refractivity contribution in [1.82, 2.24) is 4.98 Å². The molecule has 42 heavy (non-hydrogen) atoms. The highest BCUT2D eigenvalue weighted by Crippen LogP contribution is 2.50. The Hall–Kier alpha value is -3.32. The number of benzene rings is 3. The summed E-state index contributed by atoms with van der Waals surface area (Å²) >= 11 is 6.16. The standard InChI is InChI=1S/C35H36ClNO4S/c1-34(2,40)30-9-4-3-7-25(30)13-17-32(42(41)23-35(18-19-35)22-33(38)39)27-8-5-6-24(20-27)10-15-29-16-12-26-11-14-28(36)21-31(26)37-29/h3-12,14-16,20-21,32,40H,13,17-19,22-23H2,1-2H3,(H,38,39)/b15-10+. The number of aryl methyl sites for hydroxylation is 1. The normalized spacial score (nSPS) is 16.0. The topological polar surface area (TPSA) is 87.5 Å². The van der Waals surface area contributed by atoms with Crippen LogP contribution in [0.5, 0.6) is 0 Å². The van der Waals surface area contributed by atoms with Gasteiger partial charge in [0.1, 0.15) is 0 Å². The second-order valence-electron chi connectivity index (χ2n) is 11.9. The van der Waals surface area contributed by atoms with E-state index >= 15 is 0 Å². The van der Waals surface area contributed by atoms with Gasteiger partial charge in [0.2, 0.25) is 0 Å². The predicted molar refractivity (Wildman–Crippen MR) is 172 cm³/mol.